The Labute approximate surface area is 65.2 Å². The standard InChI is InChI=1S/C7H12O4/c1-5(3-4-11-2)6(8)7(9)10/h5H,3-4H2,1-2H3,(H,9,10). The van der Waals surface area contributed by atoms with Crippen LogP contribution in [0.2, 0.25) is 0 Å². The zero-order valence-electron chi connectivity index (χ0n) is 6.66. The fourth-order valence-corrected chi connectivity index (χ4v) is 0.637. The molecule has 0 rings (SSSR count). The van der Waals surface area contributed by atoms with Gasteiger partial charge in [0.05, 0.1) is 0 Å². The first-order valence-electron chi connectivity index (χ1n) is 3.35. The second kappa shape index (κ2) is 4.85. The molecule has 0 aliphatic heterocycles. The van der Waals surface area contributed by atoms with Gasteiger partial charge in [-0.15, -0.1) is 0 Å². The summed E-state index contributed by atoms with van der Waals surface area (Å²) in [5.41, 5.74) is 0. The summed E-state index contributed by atoms with van der Waals surface area (Å²) >= 11 is 0. The third-order valence-electron chi connectivity index (χ3n) is 1.41. The van der Waals surface area contributed by atoms with Crippen molar-refractivity contribution in [3.8, 4) is 0 Å². The summed E-state index contributed by atoms with van der Waals surface area (Å²) in [6.45, 7) is 2.00. The van der Waals surface area contributed by atoms with Crippen molar-refractivity contribution in [2.45, 2.75) is 13.3 Å². The Morgan fingerprint density at radius 2 is 2.09 bits per heavy atom. The van der Waals surface area contributed by atoms with Crippen molar-refractivity contribution in [3.63, 3.8) is 0 Å². The van der Waals surface area contributed by atoms with E-state index in [1.807, 2.05) is 0 Å². The maximum atomic E-state index is 10.7. The third kappa shape index (κ3) is 3.72. The number of carboxylic acids is 1. The van der Waals surface area contributed by atoms with Crippen LogP contribution >= 0.6 is 0 Å². The summed E-state index contributed by atoms with van der Waals surface area (Å²) < 4.78 is 4.70. The van der Waals surface area contributed by atoms with Crippen LogP contribution in [-0.2, 0) is 14.3 Å². The van der Waals surface area contributed by atoms with Gasteiger partial charge in [0, 0.05) is 19.6 Å². The zero-order valence-corrected chi connectivity index (χ0v) is 6.66. The fraction of sp³-hybridized carbons (Fsp3) is 0.714. The summed E-state index contributed by atoms with van der Waals surface area (Å²) in [6, 6.07) is 0. The minimum absolute atomic E-state index is 0.417. The number of Topliss-reactive ketones (excluding diaryl/α,β-unsaturated/α-hetero) is 1. The van der Waals surface area contributed by atoms with E-state index in [1.54, 1.807) is 6.92 Å². The lowest BCUT2D eigenvalue weighted by molar-refractivity contribution is -0.151. The molecule has 0 radical (unpaired) electrons. The number of hydrogen-bond donors (Lipinski definition) is 1. The Bertz CT molecular complexity index is 153. The highest BCUT2D eigenvalue weighted by Crippen LogP contribution is 2.02. The quantitative estimate of drug-likeness (QED) is 0.588. The smallest absolute Gasteiger partial charge is 0.372 e. The fourth-order valence-electron chi connectivity index (χ4n) is 0.637. The highest BCUT2D eigenvalue weighted by Gasteiger charge is 2.19. The van der Waals surface area contributed by atoms with E-state index in [2.05, 4.69) is 0 Å². The van der Waals surface area contributed by atoms with E-state index in [4.69, 9.17) is 9.84 Å². The van der Waals surface area contributed by atoms with Crippen LogP contribution in [0, 0.1) is 5.92 Å². The minimum atomic E-state index is -1.37. The maximum Gasteiger partial charge on any atom is 0.372 e. The zero-order chi connectivity index (χ0) is 8.85. The van der Waals surface area contributed by atoms with Gasteiger partial charge in [-0.1, -0.05) is 6.92 Å². The van der Waals surface area contributed by atoms with E-state index in [-0.39, 0.29) is 0 Å². The van der Waals surface area contributed by atoms with Gasteiger partial charge in [-0.2, -0.15) is 0 Å². The molecule has 0 aromatic rings. The Hall–Kier alpha value is -0.900. The summed E-state index contributed by atoms with van der Waals surface area (Å²) in [5.74, 6) is -2.57. The first-order valence-corrected chi connectivity index (χ1v) is 3.35. The van der Waals surface area contributed by atoms with Crippen molar-refractivity contribution in [3.05, 3.63) is 0 Å². The van der Waals surface area contributed by atoms with Gasteiger partial charge in [-0.05, 0) is 6.42 Å². The van der Waals surface area contributed by atoms with Gasteiger partial charge in [0.25, 0.3) is 0 Å². The normalized spacial score (nSPS) is 12.5. The predicted molar refractivity (Wildman–Crippen MR) is 38.3 cm³/mol. The Morgan fingerprint density at radius 1 is 1.55 bits per heavy atom. The van der Waals surface area contributed by atoms with Gasteiger partial charge in [0.1, 0.15) is 0 Å². The Kier molecular flexibility index (Phi) is 4.45. The van der Waals surface area contributed by atoms with Gasteiger partial charge in [-0.3, -0.25) is 4.79 Å². The van der Waals surface area contributed by atoms with Gasteiger partial charge in [0.2, 0.25) is 5.78 Å². The van der Waals surface area contributed by atoms with E-state index in [9.17, 15) is 9.59 Å². The first kappa shape index (κ1) is 10.1. The van der Waals surface area contributed by atoms with E-state index >= 15 is 0 Å². The van der Waals surface area contributed by atoms with E-state index < -0.39 is 17.7 Å². The van der Waals surface area contributed by atoms with Crippen LogP contribution in [0.4, 0.5) is 0 Å². The summed E-state index contributed by atoms with van der Waals surface area (Å²) in [5, 5.41) is 8.26. The average molecular weight is 160 g/mol. The molecule has 0 aromatic heterocycles. The monoisotopic (exact) mass is 160 g/mol. The van der Waals surface area contributed by atoms with Crippen molar-refractivity contribution < 1.29 is 19.4 Å². The second-order valence-electron chi connectivity index (χ2n) is 2.35. The van der Waals surface area contributed by atoms with Gasteiger partial charge in [-0.25, -0.2) is 4.79 Å². The number of carboxylic acid groups (broad SMARTS) is 1. The lowest BCUT2D eigenvalue weighted by atomic mass is 10.0. The third-order valence-corrected chi connectivity index (χ3v) is 1.41. The van der Waals surface area contributed by atoms with E-state index in [1.165, 1.54) is 7.11 Å². The number of hydrogen-bond acceptors (Lipinski definition) is 3. The molecule has 4 heteroatoms. The van der Waals surface area contributed by atoms with Crippen LogP contribution in [-0.4, -0.2) is 30.6 Å². The molecule has 0 amide bonds. The topological polar surface area (TPSA) is 63.6 Å². The predicted octanol–water partition coefficient (Wildman–Crippen LogP) is 0.313. The lowest BCUT2D eigenvalue weighted by Gasteiger charge is -2.04. The van der Waals surface area contributed by atoms with Crippen LogP contribution in [0.25, 0.3) is 0 Å². The summed E-state index contributed by atoms with van der Waals surface area (Å²) in [7, 11) is 1.51. The molecule has 11 heavy (non-hydrogen) atoms. The number of carbonyl (C=O) groups excluding carboxylic acids is 1. The number of methoxy groups -OCH3 is 1. The van der Waals surface area contributed by atoms with Crippen molar-refractivity contribution in [1.29, 1.82) is 0 Å². The molecule has 4 nitrogen and oxygen atoms in total. The highest BCUT2D eigenvalue weighted by molar-refractivity contribution is 6.33. The van der Waals surface area contributed by atoms with Crippen molar-refractivity contribution in [2.75, 3.05) is 13.7 Å². The molecule has 1 N–H and O–H groups in total. The van der Waals surface area contributed by atoms with Crippen LogP contribution in [0.3, 0.4) is 0 Å². The molecule has 64 valence electrons. The Morgan fingerprint density at radius 3 is 2.45 bits per heavy atom. The highest BCUT2D eigenvalue weighted by atomic mass is 16.5. The molecule has 0 saturated carbocycles. The Balaban J connectivity index is 3.73. The van der Waals surface area contributed by atoms with E-state index in [0.29, 0.717) is 13.0 Å². The number of ether oxygens (including phenoxy) is 1. The molecule has 1 unspecified atom stereocenters. The second-order valence-corrected chi connectivity index (χ2v) is 2.35. The van der Waals surface area contributed by atoms with Crippen molar-refractivity contribution in [1.82, 2.24) is 0 Å². The molecular formula is C7H12O4. The molecule has 0 spiro atoms. The van der Waals surface area contributed by atoms with E-state index in [0.717, 1.165) is 0 Å². The largest absolute Gasteiger partial charge is 0.475 e. The lowest BCUT2D eigenvalue weighted by Crippen LogP contribution is -2.21. The van der Waals surface area contributed by atoms with Crippen molar-refractivity contribution in [2.24, 2.45) is 5.92 Å². The minimum Gasteiger partial charge on any atom is -0.475 e. The number of ketones is 1. The molecule has 0 aliphatic rings. The number of carbonyl (C=O) groups is 2. The van der Waals surface area contributed by atoms with Gasteiger partial charge in [0.15, 0.2) is 0 Å². The van der Waals surface area contributed by atoms with Gasteiger partial charge < -0.3 is 9.84 Å². The van der Waals surface area contributed by atoms with Crippen LogP contribution < -0.4 is 0 Å². The van der Waals surface area contributed by atoms with Gasteiger partial charge >= 0.3 is 5.97 Å². The number of aliphatic carboxylic acids is 1. The SMILES string of the molecule is COCCC(C)C(=O)C(=O)O. The molecule has 0 aliphatic carbocycles. The number of rotatable bonds is 5. The van der Waals surface area contributed by atoms with Crippen LogP contribution in [0.1, 0.15) is 13.3 Å². The maximum absolute atomic E-state index is 10.7. The average Bonchev–Trinajstić information content (AvgIpc) is 1.98. The molecular weight excluding hydrogens is 148 g/mol. The molecule has 0 heterocycles. The first-order chi connectivity index (χ1) is 5.09. The molecule has 0 bridgehead atoms. The molecule has 0 saturated heterocycles. The van der Waals surface area contributed by atoms with Crippen molar-refractivity contribution >= 4 is 11.8 Å². The molecule has 1 atom stereocenters. The molecule has 0 fully saturated rings. The molecule has 0 aromatic carbocycles. The van der Waals surface area contributed by atoms with Crippen LogP contribution in [0.15, 0.2) is 0 Å². The summed E-state index contributed by atoms with van der Waals surface area (Å²) in [6.07, 6.45) is 0.460. The summed E-state index contributed by atoms with van der Waals surface area (Å²) in [4.78, 5) is 20.8. The van der Waals surface area contributed by atoms with Crippen LogP contribution in [0.5, 0.6) is 0 Å².